The third kappa shape index (κ3) is 4.75. The Labute approximate surface area is 183 Å². The number of benzene rings is 1. The summed E-state index contributed by atoms with van der Waals surface area (Å²) in [6.45, 7) is 0.511. The van der Waals surface area contributed by atoms with E-state index in [-0.39, 0.29) is 54.3 Å². The molecule has 1 saturated carbocycles. The fraction of sp³-hybridized carbons (Fsp3) is 0.450. The molecule has 11 nitrogen and oxygen atoms in total. The zero-order valence-corrected chi connectivity index (χ0v) is 17.4. The number of hydrogen-bond donors (Lipinski definition) is 4. The Hall–Kier alpha value is -3.38. The smallest absolute Gasteiger partial charge is 0.273 e. The van der Waals surface area contributed by atoms with Crippen molar-refractivity contribution in [3.63, 3.8) is 0 Å². The lowest BCUT2D eigenvalue weighted by Gasteiger charge is -2.29. The standard InChI is InChI=1S/C20H25FN8O3/c21-12-9-11(5-6-15(12)29-7-8-32-10-16(29)30)24-19-17(18(23)31)27-28-20(26-19)25-14-4-2-1-3-13(14)22/h5-6,9,13-14H,1-4,7-8,10,22H2,(H2,23,31)(H2,24,25,26,28)/t13-,14+/m0/s1. The molecule has 32 heavy (non-hydrogen) atoms. The molecule has 0 bridgehead atoms. The number of rotatable bonds is 6. The Morgan fingerprint density at radius 2 is 2.06 bits per heavy atom. The highest BCUT2D eigenvalue weighted by molar-refractivity contribution is 5.97. The Balaban J connectivity index is 1.56. The van der Waals surface area contributed by atoms with E-state index in [0.29, 0.717) is 12.3 Å². The predicted molar refractivity (Wildman–Crippen MR) is 115 cm³/mol. The normalized spacial score (nSPS) is 21.3. The molecule has 2 aromatic rings. The van der Waals surface area contributed by atoms with E-state index in [1.165, 1.54) is 17.0 Å². The van der Waals surface area contributed by atoms with Gasteiger partial charge in [-0.3, -0.25) is 9.59 Å². The van der Waals surface area contributed by atoms with Crippen molar-refractivity contribution in [3.8, 4) is 0 Å². The monoisotopic (exact) mass is 444 g/mol. The van der Waals surface area contributed by atoms with Crippen molar-refractivity contribution < 1.29 is 18.7 Å². The molecule has 2 heterocycles. The maximum Gasteiger partial charge on any atom is 0.273 e. The summed E-state index contributed by atoms with van der Waals surface area (Å²) in [4.78, 5) is 29.4. The molecule has 2 amide bonds. The van der Waals surface area contributed by atoms with Gasteiger partial charge in [-0.1, -0.05) is 12.8 Å². The summed E-state index contributed by atoms with van der Waals surface area (Å²) in [6, 6.07) is 4.19. The summed E-state index contributed by atoms with van der Waals surface area (Å²) in [6.07, 6.45) is 3.88. The van der Waals surface area contributed by atoms with Crippen molar-refractivity contribution in [2.24, 2.45) is 11.5 Å². The number of amides is 2. The van der Waals surface area contributed by atoms with Gasteiger partial charge in [-0.15, -0.1) is 10.2 Å². The Bertz CT molecular complexity index is 1020. The number of carbonyl (C=O) groups is 2. The molecular formula is C20H25FN8O3. The van der Waals surface area contributed by atoms with E-state index in [0.717, 1.165) is 25.7 Å². The fourth-order valence-electron chi connectivity index (χ4n) is 3.86. The number of nitrogens with two attached hydrogens (primary N) is 2. The van der Waals surface area contributed by atoms with Gasteiger partial charge in [0, 0.05) is 24.3 Å². The molecule has 2 fully saturated rings. The molecule has 12 heteroatoms. The first-order chi connectivity index (χ1) is 15.4. The van der Waals surface area contributed by atoms with Gasteiger partial charge in [0.05, 0.1) is 12.3 Å². The highest BCUT2D eigenvalue weighted by atomic mass is 19.1. The van der Waals surface area contributed by atoms with Crippen LogP contribution in [-0.2, 0) is 9.53 Å². The van der Waals surface area contributed by atoms with Crippen molar-refractivity contribution in [1.29, 1.82) is 0 Å². The Kier molecular flexibility index (Phi) is 6.42. The highest BCUT2D eigenvalue weighted by Gasteiger charge is 2.25. The van der Waals surface area contributed by atoms with Crippen LogP contribution in [0.25, 0.3) is 0 Å². The molecule has 0 unspecified atom stereocenters. The number of nitrogens with zero attached hydrogens (tertiary/aromatic N) is 4. The van der Waals surface area contributed by atoms with Crippen molar-refractivity contribution >= 4 is 35.0 Å². The summed E-state index contributed by atoms with van der Waals surface area (Å²) in [5.74, 6) is -1.53. The number of nitrogens with one attached hydrogen (secondary N) is 2. The molecule has 1 saturated heterocycles. The van der Waals surface area contributed by atoms with E-state index >= 15 is 0 Å². The van der Waals surface area contributed by atoms with Crippen LogP contribution in [0.2, 0.25) is 0 Å². The van der Waals surface area contributed by atoms with Gasteiger partial charge in [0.2, 0.25) is 5.95 Å². The second-order valence-electron chi connectivity index (χ2n) is 7.79. The van der Waals surface area contributed by atoms with Crippen LogP contribution in [0.1, 0.15) is 36.2 Å². The van der Waals surface area contributed by atoms with E-state index in [9.17, 15) is 14.0 Å². The van der Waals surface area contributed by atoms with Crippen LogP contribution in [0.15, 0.2) is 18.2 Å². The van der Waals surface area contributed by atoms with Crippen molar-refractivity contribution in [2.75, 3.05) is 35.3 Å². The highest BCUT2D eigenvalue weighted by Crippen LogP contribution is 2.27. The van der Waals surface area contributed by atoms with Gasteiger partial charge >= 0.3 is 0 Å². The minimum absolute atomic E-state index is 0.0133. The van der Waals surface area contributed by atoms with Gasteiger partial charge in [0.15, 0.2) is 11.5 Å². The lowest BCUT2D eigenvalue weighted by molar-refractivity contribution is -0.125. The number of ether oxygens (including phenoxy) is 1. The molecule has 4 rings (SSSR count). The van der Waals surface area contributed by atoms with E-state index in [1.54, 1.807) is 6.07 Å². The molecule has 2 atom stereocenters. The molecular weight excluding hydrogens is 419 g/mol. The van der Waals surface area contributed by atoms with Gasteiger partial charge < -0.3 is 31.7 Å². The van der Waals surface area contributed by atoms with Crippen LogP contribution < -0.4 is 27.0 Å². The van der Waals surface area contributed by atoms with Crippen molar-refractivity contribution in [2.45, 2.75) is 37.8 Å². The number of anilines is 4. The van der Waals surface area contributed by atoms with E-state index in [1.807, 2.05) is 0 Å². The van der Waals surface area contributed by atoms with Crippen LogP contribution >= 0.6 is 0 Å². The average Bonchev–Trinajstić information content (AvgIpc) is 2.76. The molecule has 0 radical (unpaired) electrons. The van der Waals surface area contributed by atoms with E-state index in [2.05, 4.69) is 25.8 Å². The first-order valence-corrected chi connectivity index (χ1v) is 10.4. The summed E-state index contributed by atoms with van der Waals surface area (Å²) < 4.78 is 19.8. The van der Waals surface area contributed by atoms with Gasteiger partial charge in [0.1, 0.15) is 12.4 Å². The molecule has 6 N–H and O–H groups in total. The maximum absolute atomic E-state index is 14.8. The Morgan fingerprint density at radius 3 is 2.78 bits per heavy atom. The molecule has 1 aliphatic heterocycles. The quantitative estimate of drug-likeness (QED) is 0.507. The molecule has 0 spiro atoms. The maximum atomic E-state index is 14.8. The zero-order chi connectivity index (χ0) is 22.7. The van der Waals surface area contributed by atoms with Gasteiger partial charge in [-0.25, -0.2) is 4.39 Å². The predicted octanol–water partition coefficient (Wildman–Crippen LogP) is 0.898. The van der Waals surface area contributed by atoms with Gasteiger partial charge in [-0.05, 0) is 31.0 Å². The third-order valence-electron chi connectivity index (χ3n) is 5.54. The number of hydrogen-bond acceptors (Lipinski definition) is 9. The summed E-state index contributed by atoms with van der Waals surface area (Å²) in [7, 11) is 0. The van der Waals surface area contributed by atoms with E-state index in [4.69, 9.17) is 16.2 Å². The first-order valence-electron chi connectivity index (χ1n) is 10.4. The van der Waals surface area contributed by atoms with E-state index < -0.39 is 11.7 Å². The SMILES string of the molecule is NC(=O)c1nnc(N[C@@H]2CCCC[C@@H]2N)nc1Nc1ccc(N2CCOCC2=O)c(F)c1. The van der Waals surface area contributed by atoms with Crippen molar-refractivity contribution in [1.82, 2.24) is 15.2 Å². The van der Waals surface area contributed by atoms with Crippen LogP contribution in [0.4, 0.5) is 27.5 Å². The number of halogens is 1. The first kappa shape index (κ1) is 21.8. The Morgan fingerprint density at radius 1 is 1.25 bits per heavy atom. The zero-order valence-electron chi connectivity index (χ0n) is 17.4. The summed E-state index contributed by atoms with van der Waals surface area (Å²) in [5.41, 5.74) is 11.8. The molecule has 170 valence electrons. The average molecular weight is 444 g/mol. The second kappa shape index (κ2) is 9.40. The van der Waals surface area contributed by atoms with Crippen LogP contribution in [0.3, 0.4) is 0 Å². The third-order valence-corrected chi connectivity index (χ3v) is 5.54. The minimum atomic E-state index is -0.829. The molecule has 1 aromatic heterocycles. The lowest BCUT2D eigenvalue weighted by atomic mass is 9.91. The van der Waals surface area contributed by atoms with Crippen LogP contribution in [0, 0.1) is 5.82 Å². The number of aromatic nitrogens is 3. The van der Waals surface area contributed by atoms with Crippen LogP contribution in [-0.4, -0.2) is 58.8 Å². The topological polar surface area (TPSA) is 161 Å². The van der Waals surface area contributed by atoms with Crippen molar-refractivity contribution in [3.05, 3.63) is 29.7 Å². The lowest BCUT2D eigenvalue weighted by Crippen LogP contribution is -2.43. The fourth-order valence-corrected chi connectivity index (χ4v) is 3.86. The van der Waals surface area contributed by atoms with Crippen LogP contribution in [0.5, 0.6) is 0 Å². The number of primary amides is 1. The van der Waals surface area contributed by atoms with Gasteiger partial charge in [0.25, 0.3) is 11.8 Å². The number of carbonyl (C=O) groups excluding carboxylic acids is 2. The largest absolute Gasteiger partial charge is 0.370 e. The minimum Gasteiger partial charge on any atom is -0.370 e. The number of morpholine rings is 1. The summed E-state index contributed by atoms with van der Waals surface area (Å²) in [5, 5.41) is 13.8. The second-order valence-corrected chi connectivity index (χ2v) is 7.79. The summed E-state index contributed by atoms with van der Waals surface area (Å²) >= 11 is 0. The van der Waals surface area contributed by atoms with Gasteiger partial charge in [-0.2, -0.15) is 4.98 Å². The molecule has 2 aliphatic rings. The molecule has 1 aromatic carbocycles. The molecule has 1 aliphatic carbocycles.